The van der Waals surface area contributed by atoms with Crippen molar-refractivity contribution in [1.82, 2.24) is 4.98 Å². The van der Waals surface area contributed by atoms with Gasteiger partial charge in [-0.25, -0.2) is 4.98 Å². The molecule has 1 amide bonds. The summed E-state index contributed by atoms with van der Waals surface area (Å²) in [5, 5.41) is 3.20. The second-order valence-electron chi connectivity index (χ2n) is 5.67. The molecule has 0 saturated heterocycles. The Morgan fingerprint density at radius 3 is 2.61 bits per heavy atom. The van der Waals surface area contributed by atoms with Crippen molar-refractivity contribution in [3.05, 3.63) is 17.8 Å². The number of nitrogens with zero attached hydrogens (tertiary/aromatic N) is 1. The van der Waals surface area contributed by atoms with Gasteiger partial charge < -0.3 is 16.8 Å². The Hall–Kier alpha value is -1.78. The molecule has 0 aliphatic rings. The van der Waals surface area contributed by atoms with Gasteiger partial charge in [-0.05, 0) is 17.4 Å². The smallest absolute Gasteiger partial charge is 0.250 e. The van der Waals surface area contributed by atoms with Gasteiger partial charge in [0.1, 0.15) is 5.82 Å². The summed E-state index contributed by atoms with van der Waals surface area (Å²) in [5.74, 6) is 0.546. The number of nitrogens with two attached hydrogens (primary N) is 2. The van der Waals surface area contributed by atoms with Crippen LogP contribution in [0.25, 0.3) is 0 Å². The van der Waals surface area contributed by atoms with E-state index in [1.54, 1.807) is 6.07 Å². The lowest BCUT2D eigenvalue weighted by Crippen LogP contribution is -2.25. The van der Waals surface area contributed by atoms with Gasteiger partial charge in [0.25, 0.3) is 5.91 Å². The minimum absolute atomic E-state index is 0.216. The minimum atomic E-state index is -0.540. The molecule has 1 heterocycles. The zero-order chi connectivity index (χ0) is 13.9. The van der Waals surface area contributed by atoms with Crippen molar-refractivity contribution in [3.8, 4) is 0 Å². The molecule has 5 heteroatoms. The molecule has 1 aromatic rings. The van der Waals surface area contributed by atoms with Gasteiger partial charge in [-0.3, -0.25) is 4.79 Å². The van der Waals surface area contributed by atoms with Gasteiger partial charge in [0.2, 0.25) is 0 Å². The highest BCUT2D eigenvalue weighted by molar-refractivity contribution is 5.98. The average molecular weight is 250 g/mol. The van der Waals surface area contributed by atoms with Crippen LogP contribution in [0, 0.1) is 11.3 Å². The number of nitrogen functional groups attached to an aromatic ring is 1. The topological polar surface area (TPSA) is 94.0 Å². The second kappa shape index (κ2) is 5.25. The van der Waals surface area contributed by atoms with E-state index < -0.39 is 5.91 Å². The number of nitrogens with one attached hydrogen (secondary N) is 1. The van der Waals surface area contributed by atoms with E-state index in [-0.39, 0.29) is 5.41 Å². The van der Waals surface area contributed by atoms with Gasteiger partial charge in [0.05, 0.1) is 17.4 Å². The van der Waals surface area contributed by atoms with Crippen molar-refractivity contribution in [2.75, 3.05) is 17.6 Å². The van der Waals surface area contributed by atoms with E-state index in [9.17, 15) is 4.79 Å². The SMILES string of the molecule is CC(CNc1cc(C(N)=O)c(N)cn1)C(C)(C)C. The van der Waals surface area contributed by atoms with Crippen LogP contribution in [-0.2, 0) is 0 Å². The average Bonchev–Trinajstić information content (AvgIpc) is 2.25. The third-order valence-corrected chi connectivity index (χ3v) is 3.27. The van der Waals surface area contributed by atoms with E-state index in [1.165, 1.54) is 6.20 Å². The molecule has 18 heavy (non-hydrogen) atoms. The fraction of sp³-hybridized carbons (Fsp3) is 0.538. The molecule has 0 aliphatic carbocycles. The Morgan fingerprint density at radius 1 is 1.50 bits per heavy atom. The van der Waals surface area contributed by atoms with Crippen LogP contribution in [0.2, 0.25) is 0 Å². The second-order valence-corrected chi connectivity index (χ2v) is 5.67. The lowest BCUT2D eigenvalue weighted by Gasteiger charge is -2.27. The number of anilines is 2. The van der Waals surface area contributed by atoms with Crippen LogP contribution >= 0.6 is 0 Å². The Balaban J connectivity index is 2.75. The Labute approximate surface area is 108 Å². The maximum atomic E-state index is 11.2. The standard InChI is InChI=1S/C13H22N4O/c1-8(13(2,3)4)6-16-11-5-9(12(15)18)10(14)7-17-11/h5,7-8H,6,14H2,1-4H3,(H2,15,18)(H,16,17). The van der Waals surface area contributed by atoms with Crippen LogP contribution in [-0.4, -0.2) is 17.4 Å². The molecule has 5 N–H and O–H groups in total. The first kappa shape index (κ1) is 14.3. The van der Waals surface area contributed by atoms with Crippen LogP contribution in [0.5, 0.6) is 0 Å². The number of carbonyl (C=O) groups is 1. The molecule has 1 atom stereocenters. The number of aromatic nitrogens is 1. The molecular formula is C13H22N4O. The Morgan fingerprint density at radius 2 is 2.11 bits per heavy atom. The first-order chi connectivity index (χ1) is 8.21. The number of amides is 1. The Bertz CT molecular complexity index is 437. The van der Waals surface area contributed by atoms with Crippen LogP contribution in [0.3, 0.4) is 0 Å². The summed E-state index contributed by atoms with van der Waals surface area (Å²) >= 11 is 0. The maximum absolute atomic E-state index is 11.2. The largest absolute Gasteiger partial charge is 0.397 e. The van der Waals surface area contributed by atoms with E-state index in [2.05, 4.69) is 38.0 Å². The summed E-state index contributed by atoms with van der Waals surface area (Å²) in [7, 11) is 0. The first-order valence-corrected chi connectivity index (χ1v) is 6.01. The van der Waals surface area contributed by atoms with Crippen LogP contribution in [0.15, 0.2) is 12.3 Å². The predicted octanol–water partition coefficient (Wildman–Crippen LogP) is 1.86. The van der Waals surface area contributed by atoms with Crippen molar-refractivity contribution in [1.29, 1.82) is 0 Å². The monoisotopic (exact) mass is 250 g/mol. The molecule has 0 aromatic carbocycles. The highest BCUT2D eigenvalue weighted by Gasteiger charge is 2.19. The summed E-state index contributed by atoms with van der Waals surface area (Å²) in [4.78, 5) is 15.3. The molecule has 0 radical (unpaired) electrons. The van der Waals surface area contributed by atoms with Gasteiger partial charge in [-0.1, -0.05) is 27.7 Å². The third-order valence-electron chi connectivity index (χ3n) is 3.27. The summed E-state index contributed by atoms with van der Waals surface area (Å²) < 4.78 is 0. The Kier molecular flexibility index (Phi) is 4.16. The summed E-state index contributed by atoms with van der Waals surface area (Å²) in [5.41, 5.74) is 11.7. The highest BCUT2D eigenvalue weighted by Crippen LogP contribution is 2.25. The van der Waals surface area contributed by atoms with Gasteiger partial charge in [-0.15, -0.1) is 0 Å². The van der Waals surface area contributed by atoms with E-state index in [1.807, 2.05) is 0 Å². The van der Waals surface area contributed by atoms with Crippen LogP contribution in [0.4, 0.5) is 11.5 Å². The van der Waals surface area contributed by atoms with Crippen molar-refractivity contribution in [2.45, 2.75) is 27.7 Å². The van der Waals surface area contributed by atoms with E-state index in [0.717, 1.165) is 6.54 Å². The number of hydrogen-bond donors (Lipinski definition) is 3. The first-order valence-electron chi connectivity index (χ1n) is 6.01. The lowest BCUT2D eigenvalue weighted by molar-refractivity contribution is 0.100. The summed E-state index contributed by atoms with van der Waals surface area (Å²) in [6.45, 7) is 9.50. The number of rotatable bonds is 4. The highest BCUT2D eigenvalue weighted by atomic mass is 16.1. The van der Waals surface area contributed by atoms with Gasteiger partial charge in [0, 0.05) is 6.54 Å². The van der Waals surface area contributed by atoms with E-state index in [4.69, 9.17) is 11.5 Å². The van der Waals surface area contributed by atoms with E-state index >= 15 is 0 Å². The van der Waals surface area contributed by atoms with Gasteiger partial charge >= 0.3 is 0 Å². The molecule has 1 unspecified atom stereocenters. The zero-order valence-electron chi connectivity index (χ0n) is 11.4. The minimum Gasteiger partial charge on any atom is -0.397 e. The van der Waals surface area contributed by atoms with Crippen LogP contribution in [0.1, 0.15) is 38.1 Å². The lowest BCUT2D eigenvalue weighted by atomic mass is 9.82. The van der Waals surface area contributed by atoms with Crippen molar-refractivity contribution in [2.24, 2.45) is 17.1 Å². The van der Waals surface area contributed by atoms with Crippen molar-refractivity contribution < 1.29 is 4.79 Å². The number of carbonyl (C=O) groups excluding carboxylic acids is 1. The van der Waals surface area contributed by atoms with E-state index in [0.29, 0.717) is 23.0 Å². The molecule has 5 nitrogen and oxygen atoms in total. The molecule has 0 saturated carbocycles. The number of primary amides is 1. The molecule has 0 spiro atoms. The normalized spacial score (nSPS) is 13.1. The predicted molar refractivity (Wildman–Crippen MR) is 74.3 cm³/mol. The van der Waals surface area contributed by atoms with Gasteiger partial charge in [-0.2, -0.15) is 0 Å². The number of pyridine rings is 1. The molecule has 0 bridgehead atoms. The maximum Gasteiger partial charge on any atom is 0.250 e. The number of hydrogen-bond acceptors (Lipinski definition) is 4. The summed E-state index contributed by atoms with van der Waals surface area (Å²) in [6.07, 6.45) is 1.45. The van der Waals surface area contributed by atoms with Crippen molar-refractivity contribution >= 4 is 17.4 Å². The van der Waals surface area contributed by atoms with Crippen molar-refractivity contribution in [3.63, 3.8) is 0 Å². The molecule has 1 rings (SSSR count). The molecule has 100 valence electrons. The summed E-state index contributed by atoms with van der Waals surface area (Å²) in [6, 6.07) is 1.59. The van der Waals surface area contributed by atoms with Gasteiger partial charge in [0.15, 0.2) is 0 Å². The quantitative estimate of drug-likeness (QED) is 0.760. The molecule has 1 aromatic heterocycles. The third kappa shape index (κ3) is 3.61. The van der Waals surface area contributed by atoms with Crippen LogP contribution < -0.4 is 16.8 Å². The molecule has 0 fully saturated rings. The fourth-order valence-electron chi connectivity index (χ4n) is 1.34. The molecular weight excluding hydrogens is 228 g/mol. The fourth-order valence-corrected chi connectivity index (χ4v) is 1.34. The zero-order valence-corrected chi connectivity index (χ0v) is 11.4. The molecule has 0 aliphatic heterocycles.